The van der Waals surface area contributed by atoms with E-state index in [2.05, 4.69) is 29.4 Å². The number of hydrogen-bond donors (Lipinski definition) is 1. The minimum atomic E-state index is -0.0711. The fourth-order valence-corrected chi connectivity index (χ4v) is 2.65. The third-order valence-electron chi connectivity index (χ3n) is 3.23. The van der Waals surface area contributed by atoms with Crippen LogP contribution in [0.4, 0.5) is 5.82 Å². The molecule has 7 heteroatoms. The lowest BCUT2D eigenvalue weighted by Crippen LogP contribution is -2.27. The number of benzene rings is 1. The van der Waals surface area contributed by atoms with Crippen molar-refractivity contribution in [1.82, 2.24) is 15.1 Å². The van der Waals surface area contributed by atoms with Crippen molar-refractivity contribution in [3.05, 3.63) is 42.0 Å². The van der Waals surface area contributed by atoms with E-state index < -0.39 is 0 Å². The zero-order chi connectivity index (χ0) is 18.2. The van der Waals surface area contributed by atoms with Crippen LogP contribution in [-0.2, 0) is 11.3 Å². The molecule has 0 saturated heterocycles. The van der Waals surface area contributed by atoms with Crippen LogP contribution in [-0.4, -0.2) is 47.0 Å². The molecule has 1 aromatic heterocycles. The van der Waals surface area contributed by atoms with Crippen molar-refractivity contribution in [2.24, 2.45) is 0 Å². The predicted octanol–water partition coefficient (Wildman–Crippen LogP) is 3.06. The summed E-state index contributed by atoms with van der Waals surface area (Å²) in [6.07, 6.45) is 0. The zero-order valence-electron chi connectivity index (χ0n) is 15.0. The van der Waals surface area contributed by atoms with Crippen LogP contribution in [0.25, 0.3) is 0 Å². The SMILES string of the molecule is CC(C)Sc1ccc(NCc2cccc(OCC(=O)N(C)C)c2)nn1. The lowest BCUT2D eigenvalue weighted by Gasteiger charge is -2.12. The average molecular weight is 360 g/mol. The first-order chi connectivity index (χ1) is 11.9. The first kappa shape index (κ1) is 19.1. The Morgan fingerprint density at radius 2 is 2.04 bits per heavy atom. The Kier molecular flexibility index (Phi) is 7.06. The summed E-state index contributed by atoms with van der Waals surface area (Å²) in [6.45, 7) is 4.88. The molecule has 0 saturated carbocycles. The number of nitrogens with one attached hydrogen (secondary N) is 1. The first-order valence-corrected chi connectivity index (χ1v) is 8.98. The van der Waals surface area contributed by atoms with Gasteiger partial charge in [0.2, 0.25) is 0 Å². The Morgan fingerprint density at radius 3 is 2.68 bits per heavy atom. The Bertz CT molecular complexity index is 690. The van der Waals surface area contributed by atoms with Gasteiger partial charge in [0.25, 0.3) is 5.91 Å². The second kappa shape index (κ2) is 9.27. The van der Waals surface area contributed by atoms with Gasteiger partial charge >= 0.3 is 0 Å². The monoisotopic (exact) mass is 360 g/mol. The van der Waals surface area contributed by atoms with Gasteiger partial charge in [-0.25, -0.2) is 0 Å². The van der Waals surface area contributed by atoms with Crippen LogP contribution in [0.2, 0.25) is 0 Å². The standard InChI is InChI=1S/C18H24N4O2S/c1-13(2)25-17-9-8-16(20-21-17)19-11-14-6-5-7-15(10-14)24-12-18(23)22(3)4/h5-10,13H,11-12H2,1-4H3,(H,19,20). The number of anilines is 1. The van der Waals surface area contributed by atoms with Crippen molar-refractivity contribution in [1.29, 1.82) is 0 Å². The van der Waals surface area contributed by atoms with Crippen LogP contribution in [0.5, 0.6) is 5.75 Å². The van der Waals surface area contributed by atoms with Crippen LogP contribution >= 0.6 is 11.8 Å². The van der Waals surface area contributed by atoms with E-state index in [-0.39, 0.29) is 12.5 Å². The number of aromatic nitrogens is 2. The number of carbonyl (C=O) groups excluding carboxylic acids is 1. The van der Waals surface area contributed by atoms with E-state index in [1.165, 1.54) is 4.90 Å². The van der Waals surface area contributed by atoms with E-state index in [0.717, 1.165) is 16.4 Å². The Hall–Kier alpha value is -2.28. The molecule has 0 fully saturated rings. The van der Waals surface area contributed by atoms with Crippen molar-refractivity contribution in [2.45, 2.75) is 30.7 Å². The summed E-state index contributed by atoms with van der Waals surface area (Å²) in [5, 5.41) is 13.0. The Labute approximate surface area is 153 Å². The highest BCUT2D eigenvalue weighted by Crippen LogP contribution is 2.20. The Balaban J connectivity index is 1.88. The molecule has 0 unspecified atom stereocenters. The second-order valence-corrected chi connectivity index (χ2v) is 7.60. The highest BCUT2D eigenvalue weighted by Gasteiger charge is 2.06. The summed E-state index contributed by atoms with van der Waals surface area (Å²) in [6, 6.07) is 11.5. The lowest BCUT2D eigenvalue weighted by atomic mass is 10.2. The molecule has 0 aliphatic rings. The predicted molar refractivity (Wildman–Crippen MR) is 101 cm³/mol. The molecule has 0 radical (unpaired) electrons. The molecule has 0 aliphatic carbocycles. The number of nitrogens with zero attached hydrogens (tertiary/aromatic N) is 3. The molecule has 1 aromatic carbocycles. The summed E-state index contributed by atoms with van der Waals surface area (Å²) in [5.41, 5.74) is 1.04. The van der Waals surface area contributed by atoms with E-state index in [1.54, 1.807) is 25.9 Å². The lowest BCUT2D eigenvalue weighted by molar-refractivity contribution is -0.130. The molecule has 2 aromatic rings. The minimum absolute atomic E-state index is 0.0321. The summed E-state index contributed by atoms with van der Waals surface area (Å²) in [5.74, 6) is 1.32. The van der Waals surface area contributed by atoms with E-state index >= 15 is 0 Å². The van der Waals surface area contributed by atoms with Crippen molar-refractivity contribution in [3.8, 4) is 5.75 Å². The summed E-state index contributed by atoms with van der Waals surface area (Å²) in [7, 11) is 3.41. The van der Waals surface area contributed by atoms with Crippen molar-refractivity contribution < 1.29 is 9.53 Å². The van der Waals surface area contributed by atoms with Crippen LogP contribution < -0.4 is 10.1 Å². The molecule has 1 amide bonds. The Morgan fingerprint density at radius 1 is 1.24 bits per heavy atom. The number of hydrogen-bond acceptors (Lipinski definition) is 6. The highest BCUT2D eigenvalue weighted by atomic mass is 32.2. The van der Waals surface area contributed by atoms with Crippen molar-refractivity contribution in [2.75, 3.05) is 26.0 Å². The number of amides is 1. The molecule has 0 spiro atoms. The summed E-state index contributed by atoms with van der Waals surface area (Å²) >= 11 is 1.68. The fraction of sp³-hybridized carbons (Fsp3) is 0.389. The molecule has 1 heterocycles. The summed E-state index contributed by atoms with van der Waals surface area (Å²) < 4.78 is 5.52. The third kappa shape index (κ3) is 6.62. The molecule has 0 bridgehead atoms. The number of rotatable bonds is 8. The largest absolute Gasteiger partial charge is 0.484 e. The first-order valence-electron chi connectivity index (χ1n) is 8.10. The maximum absolute atomic E-state index is 11.6. The number of thioether (sulfide) groups is 1. The highest BCUT2D eigenvalue weighted by molar-refractivity contribution is 7.99. The van der Waals surface area contributed by atoms with Gasteiger partial charge in [-0.2, -0.15) is 0 Å². The minimum Gasteiger partial charge on any atom is -0.484 e. The van der Waals surface area contributed by atoms with E-state index in [0.29, 0.717) is 17.5 Å². The molecular weight excluding hydrogens is 336 g/mol. The van der Waals surface area contributed by atoms with Gasteiger partial charge in [0.05, 0.1) is 0 Å². The van der Waals surface area contributed by atoms with Crippen molar-refractivity contribution >= 4 is 23.5 Å². The van der Waals surface area contributed by atoms with Crippen LogP contribution in [0.1, 0.15) is 19.4 Å². The fourth-order valence-electron chi connectivity index (χ4n) is 1.93. The maximum atomic E-state index is 11.6. The van der Waals surface area contributed by atoms with Gasteiger partial charge in [-0.3, -0.25) is 4.79 Å². The molecule has 25 heavy (non-hydrogen) atoms. The van der Waals surface area contributed by atoms with Gasteiger partial charge in [0, 0.05) is 25.9 Å². The number of ether oxygens (including phenoxy) is 1. The van der Waals surface area contributed by atoms with Gasteiger partial charge in [0.15, 0.2) is 6.61 Å². The smallest absolute Gasteiger partial charge is 0.259 e. The van der Waals surface area contributed by atoms with Crippen molar-refractivity contribution in [3.63, 3.8) is 0 Å². The summed E-state index contributed by atoms with van der Waals surface area (Å²) in [4.78, 5) is 13.1. The van der Waals surface area contributed by atoms with Gasteiger partial charge in [-0.1, -0.05) is 26.0 Å². The molecule has 0 aliphatic heterocycles. The van der Waals surface area contributed by atoms with Crippen LogP contribution in [0.15, 0.2) is 41.4 Å². The van der Waals surface area contributed by atoms with E-state index in [1.807, 2.05) is 36.4 Å². The van der Waals surface area contributed by atoms with Gasteiger partial charge in [-0.15, -0.1) is 22.0 Å². The van der Waals surface area contributed by atoms with Gasteiger partial charge in [-0.05, 0) is 29.8 Å². The quantitative estimate of drug-likeness (QED) is 0.730. The second-order valence-electron chi connectivity index (χ2n) is 6.00. The van der Waals surface area contributed by atoms with Gasteiger partial charge in [0.1, 0.15) is 16.6 Å². The normalized spacial score (nSPS) is 10.6. The number of likely N-dealkylation sites (N-methyl/N-ethyl adjacent to an activating group) is 1. The van der Waals surface area contributed by atoms with E-state index in [4.69, 9.17) is 4.74 Å². The van der Waals surface area contributed by atoms with E-state index in [9.17, 15) is 4.79 Å². The molecule has 2 rings (SSSR count). The van der Waals surface area contributed by atoms with Gasteiger partial charge < -0.3 is 15.0 Å². The average Bonchev–Trinajstić information content (AvgIpc) is 2.59. The van der Waals surface area contributed by atoms with Crippen LogP contribution in [0, 0.1) is 0 Å². The van der Waals surface area contributed by atoms with Crippen LogP contribution in [0.3, 0.4) is 0 Å². The topological polar surface area (TPSA) is 67.3 Å². The molecule has 0 atom stereocenters. The molecule has 1 N–H and O–H groups in total. The zero-order valence-corrected chi connectivity index (χ0v) is 15.8. The molecular formula is C18H24N4O2S. The number of carbonyl (C=O) groups is 1. The maximum Gasteiger partial charge on any atom is 0.259 e. The molecule has 134 valence electrons. The molecule has 6 nitrogen and oxygen atoms in total. The third-order valence-corrected chi connectivity index (χ3v) is 4.16.